The van der Waals surface area contributed by atoms with Crippen LogP contribution in [0.5, 0.6) is 0 Å². The minimum absolute atomic E-state index is 0. The predicted octanol–water partition coefficient (Wildman–Crippen LogP) is 1.67. The highest BCUT2D eigenvalue weighted by atomic mass is 35.5. The third-order valence-corrected chi connectivity index (χ3v) is 3.56. The quantitative estimate of drug-likeness (QED) is 0.809. The number of amides is 1. The van der Waals surface area contributed by atoms with Crippen LogP contribution in [0.2, 0.25) is 0 Å². The number of hydrogen-bond acceptors (Lipinski definition) is 3. The van der Waals surface area contributed by atoms with Crippen LogP contribution in [0, 0.1) is 5.82 Å². The van der Waals surface area contributed by atoms with Gasteiger partial charge in [-0.15, -0.1) is 12.4 Å². The lowest BCUT2D eigenvalue weighted by molar-refractivity contribution is -0.116. The van der Waals surface area contributed by atoms with E-state index in [1.165, 1.54) is 18.2 Å². The zero-order chi connectivity index (χ0) is 15.1. The lowest BCUT2D eigenvalue weighted by Gasteiger charge is -2.26. The van der Waals surface area contributed by atoms with Gasteiger partial charge in [-0.05, 0) is 30.2 Å². The molecule has 0 atom stereocenters. The second-order valence-electron chi connectivity index (χ2n) is 5.22. The van der Waals surface area contributed by atoms with Crippen molar-refractivity contribution in [1.29, 1.82) is 0 Å². The van der Waals surface area contributed by atoms with Gasteiger partial charge in [-0.2, -0.15) is 0 Å². The third-order valence-electron chi connectivity index (χ3n) is 3.56. The van der Waals surface area contributed by atoms with Crippen LogP contribution in [-0.4, -0.2) is 50.1 Å². The van der Waals surface area contributed by atoms with E-state index >= 15 is 0 Å². The van der Waals surface area contributed by atoms with Crippen LogP contribution in [0.25, 0.3) is 5.57 Å². The Hall–Kier alpha value is -1.43. The van der Waals surface area contributed by atoms with Gasteiger partial charge in [0, 0.05) is 45.3 Å². The minimum Gasteiger partial charge on any atom is -0.351 e. The van der Waals surface area contributed by atoms with Crippen molar-refractivity contribution in [2.45, 2.75) is 6.92 Å². The van der Waals surface area contributed by atoms with Gasteiger partial charge in [-0.3, -0.25) is 9.69 Å². The SMILES string of the molecule is CC(=CC(=O)NCCN1CCNCC1)c1cccc(F)c1.Cl. The lowest BCUT2D eigenvalue weighted by Crippen LogP contribution is -2.46. The molecule has 122 valence electrons. The average Bonchev–Trinajstić information content (AvgIpc) is 2.48. The van der Waals surface area contributed by atoms with E-state index in [2.05, 4.69) is 15.5 Å². The molecule has 22 heavy (non-hydrogen) atoms. The maximum Gasteiger partial charge on any atom is 0.244 e. The van der Waals surface area contributed by atoms with E-state index in [1.54, 1.807) is 12.1 Å². The second kappa shape index (κ2) is 9.56. The normalized spacial score (nSPS) is 16.0. The molecule has 0 radical (unpaired) electrons. The molecule has 1 fully saturated rings. The highest BCUT2D eigenvalue weighted by molar-refractivity contribution is 5.94. The Morgan fingerprint density at radius 3 is 2.82 bits per heavy atom. The summed E-state index contributed by atoms with van der Waals surface area (Å²) in [6, 6.07) is 6.26. The fourth-order valence-electron chi connectivity index (χ4n) is 2.34. The molecule has 0 spiro atoms. The molecular formula is C16H23ClFN3O. The summed E-state index contributed by atoms with van der Waals surface area (Å²) in [5, 5.41) is 6.17. The minimum atomic E-state index is -0.292. The molecule has 1 aliphatic rings. The Morgan fingerprint density at radius 1 is 1.41 bits per heavy atom. The second-order valence-corrected chi connectivity index (χ2v) is 5.22. The summed E-state index contributed by atoms with van der Waals surface area (Å²) >= 11 is 0. The summed E-state index contributed by atoms with van der Waals surface area (Å²) in [7, 11) is 0. The van der Waals surface area contributed by atoms with Crippen molar-refractivity contribution < 1.29 is 9.18 Å². The number of nitrogens with zero attached hydrogens (tertiary/aromatic N) is 1. The number of nitrogens with one attached hydrogen (secondary N) is 2. The van der Waals surface area contributed by atoms with Crippen molar-refractivity contribution in [2.24, 2.45) is 0 Å². The molecule has 0 aromatic heterocycles. The van der Waals surface area contributed by atoms with Crippen molar-refractivity contribution in [2.75, 3.05) is 39.3 Å². The molecule has 1 aromatic rings. The van der Waals surface area contributed by atoms with Crippen molar-refractivity contribution in [3.05, 3.63) is 41.7 Å². The predicted molar refractivity (Wildman–Crippen MR) is 89.6 cm³/mol. The molecular weight excluding hydrogens is 305 g/mol. The van der Waals surface area contributed by atoms with E-state index in [-0.39, 0.29) is 24.1 Å². The van der Waals surface area contributed by atoms with Gasteiger partial charge < -0.3 is 10.6 Å². The van der Waals surface area contributed by atoms with E-state index in [0.29, 0.717) is 6.54 Å². The molecule has 1 aliphatic heterocycles. The highest BCUT2D eigenvalue weighted by Crippen LogP contribution is 2.14. The Kier molecular flexibility index (Phi) is 8.09. The fourth-order valence-corrected chi connectivity index (χ4v) is 2.34. The monoisotopic (exact) mass is 327 g/mol. The van der Waals surface area contributed by atoms with Gasteiger partial charge in [-0.1, -0.05) is 12.1 Å². The molecule has 1 heterocycles. The number of halogens is 2. The number of piperazine rings is 1. The summed E-state index contributed by atoms with van der Waals surface area (Å²) in [6.45, 7) is 7.36. The zero-order valence-electron chi connectivity index (χ0n) is 12.8. The van der Waals surface area contributed by atoms with E-state index in [1.807, 2.05) is 6.92 Å². The zero-order valence-corrected chi connectivity index (χ0v) is 13.6. The number of hydrogen-bond donors (Lipinski definition) is 2. The van der Waals surface area contributed by atoms with Gasteiger partial charge in [0.1, 0.15) is 5.82 Å². The fraction of sp³-hybridized carbons (Fsp3) is 0.438. The average molecular weight is 328 g/mol. The maximum atomic E-state index is 13.1. The number of carbonyl (C=O) groups excluding carboxylic acids is 1. The van der Waals surface area contributed by atoms with Gasteiger partial charge in [0.25, 0.3) is 0 Å². The van der Waals surface area contributed by atoms with Gasteiger partial charge >= 0.3 is 0 Å². The molecule has 2 rings (SSSR count). The molecule has 1 saturated heterocycles. The Bertz CT molecular complexity index is 516. The molecule has 4 nitrogen and oxygen atoms in total. The van der Waals surface area contributed by atoms with Gasteiger partial charge in [0.05, 0.1) is 0 Å². The van der Waals surface area contributed by atoms with Crippen LogP contribution in [0.3, 0.4) is 0 Å². The van der Waals surface area contributed by atoms with E-state index in [0.717, 1.165) is 43.9 Å². The molecule has 0 bridgehead atoms. The van der Waals surface area contributed by atoms with E-state index < -0.39 is 0 Å². The summed E-state index contributed by atoms with van der Waals surface area (Å²) in [6.07, 6.45) is 1.52. The first-order chi connectivity index (χ1) is 10.1. The Labute approximate surface area is 137 Å². The first-order valence-electron chi connectivity index (χ1n) is 7.30. The van der Waals surface area contributed by atoms with E-state index in [9.17, 15) is 9.18 Å². The molecule has 2 N–H and O–H groups in total. The van der Waals surface area contributed by atoms with Crippen LogP contribution in [-0.2, 0) is 4.79 Å². The van der Waals surface area contributed by atoms with Crippen LogP contribution in [0.4, 0.5) is 4.39 Å². The summed E-state index contributed by atoms with van der Waals surface area (Å²) in [5.74, 6) is -0.425. The van der Waals surface area contributed by atoms with Crippen LogP contribution in [0.15, 0.2) is 30.3 Å². The van der Waals surface area contributed by atoms with Crippen LogP contribution >= 0.6 is 12.4 Å². The molecule has 0 aliphatic carbocycles. The number of carbonyl (C=O) groups is 1. The summed E-state index contributed by atoms with van der Waals surface area (Å²) < 4.78 is 13.1. The topological polar surface area (TPSA) is 44.4 Å². The smallest absolute Gasteiger partial charge is 0.244 e. The van der Waals surface area contributed by atoms with Crippen molar-refractivity contribution in [3.63, 3.8) is 0 Å². The van der Waals surface area contributed by atoms with Crippen molar-refractivity contribution in [1.82, 2.24) is 15.5 Å². The van der Waals surface area contributed by atoms with Gasteiger partial charge in [0.15, 0.2) is 0 Å². The lowest BCUT2D eigenvalue weighted by atomic mass is 10.1. The maximum absolute atomic E-state index is 13.1. The number of rotatable bonds is 5. The van der Waals surface area contributed by atoms with Crippen molar-refractivity contribution >= 4 is 23.9 Å². The number of benzene rings is 1. The molecule has 1 aromatic carbocycles. The van der Waals surface area contributed by atoms with Crippen LogP contribution < -0.4 is 10.6 Å². The summed E-state index contributed by atoms with van der Waals surface area (Å²) in [5.41, 5.74) is 1.49. The van der Waals surface area contributed by atoms with Crippen LogP contribution in [0.1, 0.15) is 12.5 Å². The van der Waals surface area contributed by atoms with E-state index in [4.69, 9.17) is 0 Å². The third kappa shape index (κ3) is 6.13. The Balaban J connectivity index is 0.00000242. The molecule has 0 saturated carbocycles. The first kappa shape index (κ1) is 18.6. The molecule has 0 unspecified atom stereocenters. The number of allylic oxidation sites excluding steroid dienone is 1. The highest BCUT2D eigenvalue weighted by Gasteiger charge is 2.09. The van der Waals surface area contributed by atoms with Gasteiger partial charge in [0.2, 0.25) is 5.91 Å². The molecule has 6 heteroatoms. The summed E-state index contributed by atoms with van der Waals surface area (Å²) in [4.78, 5) is 14.2. The molecule has 1 amide bonds. The van der Waals surface area contributed by atoms with Crippen molar-refractivity contribution in [3.8, 4) is 0 Å². The standard InChI is InChI=1S/C16H22FN3O.ClH/c1-13(14-3-2-4-15(17)12-14)11-16(21)19-7-10-20-8-5-18-6-9-20;/h2-4,11-12,18H,5-10H2,1H3,(H,19,21);1H. The largest absolute Gasteiger partial charge is 0.351 e. The Morgan fingerprint density at radius 2 is 2.14 bits per heavy atom. The van der Waals surface area contributed by atoms with Gasteiger partial charge in [-0.25, -0.2) is 4.39 Å². The first-order valence-corrected chi connectivity index (χ1v) is 7.30.